The SMILES string of the molecule is COc1ccc(N2C(=O)N[C@@H](CC(=O)N[C@H]3CCS(=O)(=O)C3)C2=O)cc1. The number of nitrogens with one attached hydrogen (secondary N) is 2. The Labute approximate surface area is 150 Å². The molecule has 3 rings (SSSR count). The molecule has 0 bridgehead atoms. The summed E-state index contributed by atoms with van der Waals surface area (Å²) in [5.41, 5.74) is 0.373. The molecule has 1 aromatic rings. The molecule has 1 aromatic carbocycles. The second-order valence-electron chi connectivity index (χ2n) is 6.25. The van der Waals surface area contributed by atoms with Crippen molar-refractivity contribution in [2.75, 3.05) is 23.5 Å². The lowest BCUT2D eigenvalue weighted by atomic mass is 10.1. The third kappa shape index (κ3) is 3.79. The minimum absolute atomic E-state index is 0.0439. The number of hydrogen-bond acceptors (Lipinski definition) is 6. The summed E-state index contributed by atoms with van der Waals surface area (Å²) in [5.74, 6) is -0.468. The molecule has 0 unspecified atom stereocenters. The van der Waals surface area contributed by atoms with Crippen LogP contribution >= 0.6 is 0 Å². The first-order valence-electron chi connectivity index (χ1n) is 8.07. The van der Waals surface area contributed by atoms with Crippen molar-refractivity contribution in [1.29, 1.82) is 0 Å². The summed E-state index contributed by atoms with van der Waals surface area (Å²) in [6.45, 7) is 0. The number of carbonyl (C=O) groups is 3. The lowest BCUT2D eigenvalue weighted by Crippen LogP contribution is -2.41. The molecule has 0 saturated carbocycles. The minimum Gasteiger partial charge on any atom is -0.497 e. The average Bonchev–Trinajstić information content (AvgIpc) is 3.06. The molecule has 2 N–H and O–H groups in total. The van der Waals surface area contributed by atoms with E-state index in [-0.39, 0.29) is 17.9 Å². The van der Waals surface area contributed by atoms with Crippen LogP contribution < -0.4 is 20.3 Å². The van der Waals surface area contributed by atoms with Gasteiger partial charge in [0.1, 0.15) is 11.8 Å². The Kier molecular flexibility index (Phi) is 4.86. The summed E-state index contributed by atoms with van der Waals surface area (Å²) in [6.07, 6.45) is 0.116. The maximum Gasteiger partial charge on any atom is 0.329 e. The Morgan fingerprint density at radius 1 is 1.31 bits per heavy atom. The first-order valence-corrected chi connectivity index (χ1v) is 9.89. The van der Waals surface area contributed by atoms with E-state index < -0.39 is 39.8 Å². The number of urea groups is 1. The molecule has 0 radical (unpaired) electrons. The Bertz CT molecular complexity index is 836. The van der Waals surface area contributed by atoms with Crippen molar-refractivity contribution in [2.24, 2.45) is 0 Å². The van der Waals surface area contributed by atoms with Crippen LogP contribution in [0.3, 0.4) is 0 Å². The summed E-state index contributed by atoms with van der Waals surface area (Å²) in [4.78, 5) is 37.7. The monoisotopic (exact) mass is 381 g/mol. The molecule has 0 spiro atoms. The number of ether oxygens (including phenoxy) is 1. The van der Waals surface area contributed by atoms with Gasteiger partial charge in [0.2, 0.25) is 5.91 Å². The molecule has 2 fully saturated rings. The van der Waals surface area contributed by atoms with Gasteiger partial charge in [0.25, 0.3) is 5.91 Å². The summed E-state index contributed by atoms with van der Waals surface area (Å²) in [7, 11) is -1.60. The van der Waals surface area contributed by atoms with Crippen LogP contribution in [-0.2, 0) is 19.4 Å². The van der Waals surface area contributed by atoms with Gasteiger partial charge in [-0.25, -0.2) is 18.1 Å². The number of sulfone groups is 1. The Hall–Kier alpha value is -2.62. The van der Waals surface area contributed by atoms with E-state index in [9.17, 15) is 22.8 Å². The highest BCUT2D eigenvalue weighted by atomic mass is 32.2. The number of anilines is 1. The molecule has 2 aliphatic heterocycles. The van der Waals surface area contributed by atoms with Gasteiger partial charge in [-0.05, 0) is 30.7 Å². The van der Waals surface area contributed by atoms with Crippen molar-refractivity contribution < 1.29 is 27.5 Å². The standard InChI is InChI=1S/C16H19N3O6S/c1-25-12-4-2-11(3-5-12)19-15(21)13(18-16(19)22)8-14(20)17-10-6-7-26(23,24)9-10/h2-5,10,13H,6-9H2,1H3,(H,17,20)(H,18,22)/t10-,13-/m0/s1. The molecule has 4 amide bonds. The van der Waals surface area contributed by atoms with E-state index in [1.807, 2.05) is 0 Å². The van der Waals surface area contributed by atoms with Gasteiger partial charge in [-0.15, -0.1) is 0 Å². The molecular formula is C16H19N3O6S. The quantitative estimate of drug-likeness (QED) is 0.682. The topological polar surface area (TPSA) is 122 Å². The third-order valence-electron chi connectivity index (χ3n) is 4.34. The van der Waals surface area contributed by atoms with Gasteiger partial charge in [0.05, 0.1) is 30.7 Å². The van der Waals surface area contributed by atoms with Crippen LogP contribution in [0.4, 0.5) is 10.5 Å². The Morgan fingerprint density at radius 3 is 2.58 bits per heavy atom. The first-order chi connectivity index (χ1) is 12.3. The van der Waals surface area contributed by atoms with E-state index in [1.165, 1.54) is 7.11 Å². The normalized spacial score (nSPS) is 24.4. The molecule has 2 saturated heterocycles. The largest absolute Gasteiger partial charge is 0.497 e. The molecule has 2 heterocycles. The van der Waals surface area contributed by atoms with E-state index in [0.717, 1.165) is 4.90 Å². The van der Waals surface area contributed by atoms with E-state index in [1.54, 1.807) is 24.3 Å². The molecule has 9 nitrogen and oxygen atoms in total. The van der Waals surface area contributed by atoms with Crippen molar-refractivity contribution in [1.82, 2.24) is 10.6 Å². The smallest absolute Gasteiger partial charge is 0.329 e. The molecule has 26 heavy (non-hydrogen) atoms. The number of amides is 4. The average molecular weight is 381 g/mol. The fourth-order valence-corrected chi connectivity index (χ4v) is 4.70. The van der Waals surface area contributed by atoms with E-state index in [4.69, 9.17) is 4.74 Å². The zero-order valence-corrected chi connectivity index (χ0v) is 14.9. The Morgan fingerprint density at radius 2 is 2.00 bits per heavy atom. The number of nitrogens with zero attached hydrogens (tertiary/aromatic N) is 1. The van der Waals surface area contributed by atoms with Gasteiger partial charge in [0, 0.05) is 6.04 Å². The maximum absolute atomic E-state index is 12.5. The molecule has 0 aliphatic carbocycles. The predicted octanol–water partition coefficient (Wildman–Crippen LogP) is -0.187. The molecule has 2 aliphatic rings. The van der Waals surface area contributed by atoms with Crippen LogP contribution in [-0.4, -0.2) is 57.0 Å². The van der Waals surface area contributed by atoms with E-state index in [0.29, 0.717) is 17.9 Å². The number of rotatable bonds is 5. The van der Waals surface area contributed by atoms with Gasteiger partial charge in [0.15, 0.2) is 9.84 Å². The second kappa shape index (κ2) is 6.94. The summed E-state index contributed by atoms with van der Waals surface area (Å²) < 4.78 is 27.9. The fourth-order valence-electron chi connectivity index (χ4n) is 3.03. The highest BCUT2D eigenvalue weighted by Crippen LogP contribution is 2.23. The zero-order valence-electron chi connectivity index (χ0n) is 14.1. The van der Waals surface area contributed by atoms with Crippen molar-refractivity contribution in [2.45, 2.75) is 24.9 Å². The van der Waals surface area contributed by atoms with Crippen molar-refractivity contribution in [3.8, 4) is 5.75 Å². The summed E-state index contributed by atoms with van der Waals surface area (Å²) in [5, 5.41) is 5.09. The van der Waals surface area contributed by atoms with Crippen LogP contribution in [0, 0.1) is 0 Å². The number of carbonyl (C=O) groups excluding carboxylic acids is 3. The summed E-state index contributed by atoms with van der Waals surface area (Å²) >= 11 is 0. The van der Waals surface area contributed by atoms with E-state index in [2.05, 4.69) is 10.6 Å². The zero-order chi connectivity index (χ0) is 18.9. The fraction of sp³-hybridized carbons (Fsp3) is 0.438. The van der Waals surface area contributed by atoms with Crippen LogP contribution in [0.25, 0.3) is 0 Å². The summed E-state index contributed by atoms with van der Waals surface area (Å²) in [6, 6.07) is 4.35. The van der Waals surface area contributed by atoms with Crippen LogP contribution in [0.5, 0.6) is 5.75 Å². The van der Waals surface area contributed by atoms with Gasteiger partial charge in [-0.2, -0.15) is 0 Å². The molecule has 0 aromatic heterocycles. The third-order valence-corrected chi connectivity index (χ3v) is 6.10. The first kappa shape index (κ1) is 18.2. The van der Waals surface area contributed by atoms with Crippen LogP contribution in [0.1, 0.15) is 12.8 Å². The van der Waals surface area contributed by atoms with Crippen molar-refractivity contribution in [3.63, 3.8) is 0 Å². The highest BCUT2D eigenvalue weighted by molar-refractivity contribution is 7.91. The van der Waals surface area contributed by atoms with Gasteiger partial charge >= 0.3 is 6.03 Å². The maximum atomic E-state index is 12.5. The van der Waals surface area contributed by atoms with Crippen molar-refractivity contribution in [3.05, 3.63) is 24.3 Å². The second-order valence-corrected chi connectivity index (χ2v) is 8.47. The minimum atomic E-state index is -3.11. The van der Waals surface area contributed by atoms with Gasteiger partial charge < -0.3 is 15.4 Å². The highest BCUT2D eigenvalue weighted by Gasteiger charge is 2.40. The molecule has 10 heteroatoms. The molecular weight excluding hydrogens is 362 g/mol. The predicted molar refractivity (Wildman–Crippen MR) is 92.6 cm³/mol. The lowest BCUT2D eigenvalue weighted by molar-refractivity contribution is -0.126. The Balaban J connectivity index is 1.62. The van der Waals surface area contributed by atoms with Crippen LogP contribution in [0.2, 0.25) is 0 Å². The van der Waals surface area contributed by atoms with Gasteiger partial charge in [-0.3, -0.25) is 9.59 Å². The number of imide groups is 1. The molecule has 140 valence electrons. The number of benzene rings is 1. The number of methoxy groups -OCH3 is 1. The lowest BCUT2D eigenvalue weighted by Gasteiger charge is -2.14. The molecule has 2 atom stereocenters. The number of hydrogen-bond donors (Lipinski definition) is 2. The van der Waals surface area contributed by atoms with Gasteiger partial charge in [-0.1, -0.05) is 0 Å². The van der Waals surface area contributed by atoms with E-state index >= 15 is 0 Å². The van der Waals surface area contributed by atoms with Crippen molar-refractivity contribution >= 4 is 33.4 Å². The van der Waals surface area contributed by atoms with Crippen LogP contribution in [0.15, 0.2) is 24.3 Å².